The van der Waals surface area contributed by atoms with Crippen LogP contribution in [-0.2, 0) is 0 Å². The zero-order chi connectivity index (χ0) is 16.0. The molecule has 0 aliphatic rings. The van der Waals surface area contributed by atoms with Gasteiger partial charge in [-0.1, -0.05) is 29.8 Å². The largest absolute Gasteiger partial charge is 0.315 e. The smallest absolute Gasteiger partial charge is 0.254 e. The average Bonchev–Trinajstić information content (AvgIpc) is 2.93. The van der Waals surface area contributed by atoms with Crippen molar-refractivity contribution in [2.24, 2.45) is 0 Å². The van der Waals surface area contributed by atoms with Crippen molar-refractivity contribution >= 4 is 62.7 Å². The summed E-state index contributed by atoms with van der Waals surface area (Å²) in [6.07, 6.45) is 3.50. The number of benzene rings is 2. The zero-order valence-corrected chi connectivity index (χ0v) is 14.6. The number of aromatic nitrogens is 2. The molecule has 2 aromatic heterocycles. The van der Waals surface area contributed by atoms with E-state index in [4.69, 9.17) is 23.2 Å². The fourth-order valence-corrected chi connectivity index (χ4v) is 3.17. The van der Waals surface area contributed by atoms with Crippen molar-refractivity contribution in [1.82, 2.24) is 9.55 Å². The monoisotopic (exact) mass is 376 g/mol. The van der Waals surface area contributed by atoms with Crippen LogP contribution in [0.3, 0.4) is 0 Å². The van der Waals surface area contributed by atoms with Gasteiger partial charge in [-0.05, 0) is 41.9 Å². The SMILES string of the molecule is Cl.O=C(Cl)c1cn(-c2ccnc3ccccc23)c2ccc(Cl)cc12. The highest BCUT2D eigenvalue weighted by Gasteiger charge is 2.16. The molecule has 0 bridgehead atoms. The minimum Gasteiger partial charge on any atom is -0.315 e. The summed E-state index contributed by atoms with van der Waals surface area (Å²) >= 11 is 11.8. The average molecular weight is 378 g/mol. The summed E-state index contributed by atoms with van der Waals surface area (Å²) in [5.74, 6) is 0. The minimum absolute atomic E-state index is 0. The summed E-state index contributed by atoms with van der Waals surface area (Å²) < 4.78 is 1.95. The summed E-state index contributed by atoms with van der Waals surface area (Å²) in [6, 6.07) is 15.2. The Bertz CT molecular complexity index is 1070. The van der Waals surface area contributed by atoms with Crippen LogP contribution in [0.25, 0.3) is 27.5 Å². The molecule has 0 fully saturated rings. The molecule has 0 unspecified atom stereocenters. The van der Waals surface area contributed by atoms with Crippen molar-refractivity contribution in [2.75, 3.05) is 0 Å². The second kappa shape index (κ2) is 6.44. The summed E-state index contributed by atoms with van der Waals surface area (Å²) in [7, 11) is 0. The van der Waals surface area contributed by atoms with Crippen molar-refractivity contribution in [3.05, 3.63) is 71.5 Å². The van der Waals surface area contributed by atoms with E-state index >= 15 is 0 Å². The van der Waals surface area contributed by atoms with Gasteiger partial charge in [0, 0.05) is 28.2 Å². The summed E-state index contributed by atoms with van der Waals surface area (Å²) in [5, 5.41) is 1.79. The molecule has 0 spiro atoms. The fourth-order valence-electron chi connectivity index (χ4n) is 2.85. The van der Waals surface area contributed by atoms with Crippen molar-refractivity contribution in [3.8, 4) is 5.69 Å². The highest BCUT2D eigenvalue weighted by molar-refractivity contribution is 6.68. The van der Waals surface area contributed by atoms with E-state index in [0.29, 0.717) is 10.6 Å². The first-order valence-electron chi connectivity index (χ1n) is 7.00. The second-order valence-corrected chi connectivity index (χ2v) is 5.97. The van der Waals surface area contributed by atoms with Gasteiger partial charge in [0.1, 0.15) is 0 Å². The lowest BCUT2D eigenvalue weighted by atomic mass is 10.2. The van der Waals surface area contributed by atoms with Crippen molar-refractivity contribution < 1.29 is 4.79 Å². The van der Waals surface area contributed by atoms with Gasteiger partial charge in [0.25, 0.3) is 5.24 Å². The van der Waals surface area contributed by atoms with Crippen LogP contribution in [-0.4, -0.2) is 14.8 Å². The van der Waals surface area contributed by atoms with Crippen LogP contribution in [0.15, 0.2) is 60.9 Å². The lowest BCUT2D eigenvalue weighted by Gasteiger charge is -2.09. The fraction of sp³-hybridized carbons (Fsp3) is 0. The van der Waals surface area contributed by atoms with Gasteiger partial charge in [0.2, 0.25) is 0 Å². The molecule has 4 rings (SSSR count). The molecule has 2 aromatic carbocycles. The van der Waals surface area contributed by atoms with E-state index in [-0.39, 0.29) is 12.4 Å². The number of nitrogens with zero attached hydrogens (tertiary/aromatic N) is 2. The van der Waals surface area contributed by atoms with Gasteiger partial charge < -0.3 is 4.57 Å². The van der Waals surface area contributed by atoms with E-state index in [1.807, 2.05) is 41.0 Å². The molecule has 0 N–H and O–H groups in total. The Morgan fingerprint density at radius 3 is 2.62 bits per heavy atom. The maximum absolute atomic E-state index is 11.8. The van der Waals surface area contributed by atoms with E-state index in [0.717, 1.165) is 27.5 Å². The molecule has 0 radical (unpaired) electrons. The Morgan fingerprint density at radius 1 is 1.04 bits per heavy atom. The van der Waals surface area contributed by atoms with Gasteiger partial charge >= 0.3 is 0 Å². The summed E-state index contributed by atoms with van der Waals surface area (Å²) in [5.41, 5.74) is 3.13. The normalized spacial score (nSPS) is 10.8. The van der Waals surface area contributed by atoms with Gasteiger partial charge in [0.05, 0.1) is 22.3 Å². The van der Waals surface area contributed by atoms with Crippen LogP contribution in [0, 0.1) is 0 Å². The number of carbonyl (C=O) groups is 1. The molecule has 24 heavy (non-hydrogen) atoms. The first kappa shape index (κ1) is 16.8. The molecule has 0 aliphatic carbocycles. The van der Waals surface area contributed by atoms with E-state index in [1.54, 1.807) is 24.5 Å². The summed E-state index contributed by atoms with van der Waals surface area (Å²) in [4.78, 5) is 16.2. The van der Waals surface area contributed by atoms with Gasteiger partial charge in [-0.2, -0.15) is 0 Å². The van der Waals surface area contributed by atoms with E-state index < -0.39 is 5.24 Å². The highest BCUT2D eigenvalue weighted by atomic mass is 35.5. The molecule has 0 saturated heterocycles. The third-order valence-electron chi connectivity index (χ3n) is 3.86. The highest BCUT2D eigenvalue weighted by Crippen LogP contribution is 2.31. The molecule has 0 saturated carbocycles. The number of pyridine rings is 1. The number of hydrogen-bond acceptors (Lipinski definition) is 2. The molecule has 2 heterocycles. The number of para-hydroxylation sites is 1. The lowest BCUT2D eigenvalue weighted by molar-refractivity contribution is 0.108. The van der Waals surface area contributed by atoms with Gasteiger partial charge in [-0.15, -0.1) is 12.4 Å². The molecule has 0 amide bonds. The van der Waals surface area contributed by atoms with Gasteiger partial charge in [-0.25, -0.2) is 0 Å². The molecular formula is C18H11Cl3N2O. The van der Waals surface area contributed by atoms with Crippen LogP contribution >= 0.6 is 35.6 Å². The minimum atomic E-state index is -0.505. The lowest BCUT2D eigenvalue weighted by Crippen LogP contribution is -1.94. The van der Waals surface area contributed by atoms with Crippen LogP contribution < -0.4 is 0 Å². The third kappa shape index (κ3) is 2.65. The van der Waals surface area contributed by atoms with E-state index in [9.17, 15) is 4.79 Å². The van der Waals surface area contributed by atoms with Crippen LogP contribution in [0.1, 0.15) is 10.4 Å². The number of fused-ring (bicyclic) bond motifs is 2. The molecular weight excluding hydrogens is 367 g/mol. The number of rotatable bonds is 2. The van der Waals surface area contributed by atoms with Crippen LogP contribution in [0.2, 0.25) is 5.02 Å². The van der Waals surface area contributed by atoms with E-state index in [2.05, 4.69) is 4.98 Å². The van der Waals surface area contributed by atoms with Crippen molar-refractivity contribution in [1.29, 1.82) is 0 Å². The number of carbonyl (C=O) groups excluding carboxylic acids is 1. The molecule has 4 aromatic rings. The molecule has 6 heteroatoms. The molecule has 0 aliphatic heterocycles. The Morgan fingerprint density at radius 2 is 1.83 bits per heavy atom. The first-order chi connectivity index (χ1) is 11.1. The quantitative estimate of drug-likeness (QED) is 0.424. The Labute approximate surface area is 154 Å². The topological polar surface area (TPSA) is 34.9 Å². The third-order valence-corrected chi connectivity index (χ3v) is 4.30. The standard InChI is InChI=1S/C18H10Cl2N2O.ClH/c19-11-5-6-16-13(9-11)14(18(20)23)10-22(16)17-7-8-21-15-4-2-1-3-12(15)17;/h1-10H;1H. The van der Waals surface area contributed by atoms with Crippen LogP contribution in [0.4, 0.5) is 0 Å². The maximum atomic E-state index is 11.8. The Kier molecular flexibility index (Phi) is 4.50. The van der Waals surface area contributed by atoms with Crippen molar-refractivity contribution in [3.63, 3.8) is 0 Å². The zero-order valence-electron chi connectivity index (χ0n) is 12.2. The van der Waals surface area contributed by atoms with E-state index in [1.165, 1.54) is 0 Å². The number of hydrogen-bond donors (Lipinski definition) is 0. The molecule has 0 atom stereocenters. The summed E-state index contributed by atoms with van der Waals surface area (Å²) in [6.45, 7) is 0. The van der Waals surface area contributed by atoms with Crippen LogP contribution in [0.5, 0.6) is 0 Å². The predicted octanol–water partition coefficient (Wildman–Crippen LogP) is 5.63. The number of halogens is 3. The van der Waals surface area contributed by atoms with Crippen molar-refractivity contribution in [2.45, 2.75) is 0 Å². The first-order valence-corrected chi connectivity index (χ1v) is 7.75. The second-order valence-electron chi connectivity index (χ2n) is 5.20. The molecule has 3 nitrogen and oxygen atoms in total. The Balaban J connectivity index is 0.00000169. The Hall–Kier alpha value is -2.07. The van der Waals surface area contributed by atoms with Gasteiger partial charge in [-0.3, -0.25) is 9.78 Å². The van der Waals surface area contributed by atoms with Gasteiger partial charge in [0.15, 0.2) is 0 Å². The molecule has 120 valence electrons. The predicted molar refractivity (Wildman–Crippen MR) is 101 cm³/mol. The maximum Gasteiger partial charge on any atom is 0.254 e.